The molecule has 2 aromatic rings. The SMILES string of the molecule is CCc1nc2ccccc2c(C)c1C(=O)OCC(=O)N[C@@H]1CCC[C@H](C)[C@@H]1C. The molecule has 1 N–H and O–H groups in total. The highest BCUT2D eigenvalue weighted by Crippen LogP contribution is 2.29. The van der Waals surface area contributed by atoms with Gasteiger partial charge in [0.25, 0.3) is 5.91 Å². The van der Waals surface area contributed by atoms with E-state index in [1.807, 2.05) is 38.1 Å². The standard InChI is InChI=1S/C23H30N2O3/c1-5-18-22(16(4)17-10-6-7-11-20(17)24-18)23(27)28-13-21(26)25-19-12-8-9-14(2)15(19)3/h6-7,10-11,14-15,19H,5,8-9,12-13H2,1-4H3,(H,25,26)/t14-,15-,19+/m0/s1. The van der Waals surface area contributed by atoms with Crippen molar-refractivity contribution >= 4 is 22.8 Å². The zero-order valence-corrected chi connectivity index (χ0v) is 17.2. The number of ether oxygens (including phenoxy) is 1. The number of nitrogens with one attached hydrogen (secondary N) is 1. The lowest BCUT2D eigenvalue weighted by Crippen LogP contribution is -2.45. The van der Waals surface area contributed by atoms with Crippen LogP contribution in [-0.4, -0.2) is 29.5 Å². The van der Waals surface area contributed by atoms with E-state index in [0.29, 0.717) is 29.5 Å². The molecule has 0 unspecified atom stereocenters. The number of nitrogens with zero attached hydrogens (tertiary/aromatic N) is 1. The number of esters is 1. The first-order valence-corrected chi connectivity index (χ1v) is 10.3. The van der Waals surface area contributed by atoms with Gasteiger partial charge in [-0.3, -0.25) is 9.78 Å². The Balaban J connectivity index is 1.69. The summed E-state index contributed by atoms with van der Waals surface area (Å²) < 4.78 is 5.37. The Morgan fingerprint density at radius 3 is 2.71 bits per heavy atom. The van der Waals surface area contributed by atoms with Gasteiger partial charge in [0.2, 0.25) is 0 Å². The second-order valence-corrected chi connectivity index (χ2v) is 7.95. The van der Waals surface area contributed by atoms with E-state index >= 15 is 0 Å². The molecule has 150 valence electrons. The molecule has 0 saturated heterocycles. The fourth-order valence-corrected chi connectivity index (χ4v) is 4.20. The number of hydrogen-bond acceptors (Lipinski definition) is 4. The normalized spacial score (nSPS) is 22.1. The number of rotatable bonds is 5. The zero-order valence-electron chi connectivity index (χ0n) is 17.2. The fraction of sp³-hybridized carbons (Fsp3) is 0.522. The molecule has 0 radical (unpaired) electrons. The van der Waals surface area contributed by atoms with E-state index in [-0.39, 0.29) is 18.6 Å². The number of pyridine rings is 1. The summed E-state index contributed by atoms with van der Waals surface area (Å²) in [5, 5.41) is 3.98. The quantitative estimate of drug-likeness (QED) is 0.787. The van der Waals surface area contributed by atoms with E-state index in [0.717, 1.165) is 29.3 Å². The molecule has 1 aliphatic carbocycles. The van der Waals surface area contributed by atoms with Crippen molar-refractivity contribution < 1.29 is 14.3 Å². The van der Waals surface area contributed by atoms with Gasteiger partial charge in [-0.05, 0) is 43.2 Å². The van der Waals surface area contributed by atoms with Gasteiger partial charge in [-0.15, -0.1) is 0 Å². The van der Waals surface area contributed by atoms with Crippen LogP contribution >= 0.6 is 0 Å². The van der Waals surface area contributed by atoms with Crippen LogP contribution in [0.4, 0.5) is 0 Å². The largest absolute Gasteiger partial charge is 0.452 e. The third kappa shape index (κ3) is 4.18. The lowest BCUT2D eigenvalue weighted by molar-refractivity contribution is -0.125. The first-order valence-electron chi connectivity index (χ1n) is 10.3. The molecular formula is C23H30N2O3. The van der Waals surface area contributed by atoms with E-state index in [4.69, 9.17) is 4.74 Å². The number of benzene rings is 1. The number of carbonyl (C=O) groups is 2. The minimum atomic E-state index is -0.479. The van der Waals surface area contributed by atoms with Crippen molar-refractivity contribution in [2.24, 2.45) is 11.8 Å². The second-order valence-electron chi connectivity index (χ2n) is 7.95. The van der Waals surface area contributed by atoms with Crippen molar-refractivity contribution in [3.63, 3.8) is 0 Å². The Bertz CT molecular complexity index is 878. The average Bonchev–Trinajstić information content (AvgIpc) is 2.69. The van der Waals surface area contributed by atoms with Gasteiger partial charge in [-0.1, -0.05) is 51.8 Å². The van der Waals surface area contributed by atoms with Crippen molar-refractivity contribution in [3.8, 4) is 0 Å². The molecular weight excluding hydrogens is 352 g/mol. The monoisotopic (exact) mass is 382 g/mol. The average molecular weight is 383 g/mol. The highest BCUT2D eigenvalue weighted by atomic mass is 16.5. The van der Waals surface area contributed by atoms with Crippen LogP contribution in [-0.2, 0) is 16.0 Å². The Morgan fingerprint density at radius 2 is 1.96 bits per heavy atom. The number of hydrogen-bond donors (Lipinski definition) is 1. The zero-order chi connectivity index (χ0) is 20.3. The number of fused-ring (bicyclic) bond motifs is 1. The molecule has 5 nitrogen and oxygen atoms in total. The van der Waals surface area contributed by atoms with Gasteiger partial charge in [0.15, 0.2) is 6.61 Å². The molecule has 1 heterocycles. The number of aryl methyl sites for hydroxylation is 2. The Hall–Kier alpha value is -2.43. The smallest absolute Gasteiger partial charge is 0.340 e. The summed E-state index contributed by atoms with van der Waals surface area (Å²) in [6, 6.07) is 7.91. The second kappa shape index (κ2) is 8.72. The first kappa shape index (κ1) is 20.3. The van der Waals surface area contributed by atoms with Crippen molar-refractivity contribution in [1.29, 1.82) is 0 Å². The van der Waals surface area contributed by atoms with Crippen LogP contribution in [0.5, 0.6) is 0 Å². The van der Waals surface area contributed by atoms with E-state index in [9.17, 15) is 9.59 Å². The van der Waals surface area contributed by atoms with Crippen LogP contribution in [0.1, 0.15) is 61.6 Å². The number of amides is 1. The Morgan fingerprint density at radius 1 is 1.21 bits per heavy atom. The Kier molecular flexibility index (Phi) is 6.32. The lowest BCUT2D eigenvalue weighted by atomic mass is 9.78. The van der Waals surface area contributed by atoms with Gasteiger partial charge in [-0.25, -0.2) is 4.79 Å². The molecule has 5 heteroatoms. The van der Waals surface area contributed by atoms with Gasteiger partial charge >= 0.3 is 5.97 Å². The van der Waals surface area contributed by atoms with Crippen molar-refractivity contribution in [3.05, 3.63) is 41.1 Å². The third-order valence-corrected chi connectivity index (χ3v) is 6.15. The highest BCUT2D eigenvalue weighted by molar-refractivity contribution is 5.99. The molecule has 1 aliphatic rings. The fourth-order valence-electron chi connectivity index (χ4n) is 4.20. The summed E-state index contributed by atoms with van der Waals surface area (Å²) in [4.78, 5) is 29.7. The molecule has 1 aromatic carbocycles. The van der Waals surface area contributed by atoms with Gasteiger partial charge in [0, 0.05) is 11.4 Å². The number of para-hydroxylation sites is 1. The number of aromatic nitrogens is 1. The molecule has 28 heavy (non-hydrogen) atoms. The summed E-state index contributed by atoms with van der Waals surface area (Å²) in [6.07, 6.45) is 3.94. The predicted octanol–water partition coefficient (Wildman–Crippen LogP) is 4.20. The summed E-state index contributed by atoms with van der Waals surface area (Å²) >= 11 is 0. The molecule has 1 amide bonds. The van der Waals surface area contributed by atoms with E-state index < -0.39 is 5.97 Å². The maximum absolute atomic E-state index is 12.8. The molecule has 3 rings (SSSR count). The van der Waals surface area contributed by atoms with Crippen LogP contribution in [0, 0.1) is 18.8 Å². The molecule has 3 atom stereocenters. The Labute approximate surface area is 166 Å². The molecule has 0 bridgehead atoms. The van der Waals surface area contributed by atoms with Crippen LogP contribution in [0.3, 0.4) is 0 Å². The minimum absolute atomic E-state index is 0.158. The van der Waals surface area contributed by atoms with Gasteiger partial charge in [0.05, 0.1) is 16.8 Å². The maximum Gasteiger partial charge on any atom is 0.340 e. The molecule has 1 aromatic heterocycles. The van der Waals surface area contributed by atoms with Gasteiger partial charge < -0.3 is 10.1 Å². The van der Waals surface area contributed by atoms with E-state index in [1.165, 1.54) is 6.42 Å². The minimum Gasteiger partial charge on any atom is -0.452 e. The molecule has 0 aliphatic heterocycles. The third-order valence-electron chi connectivity index (χ3n) is 6.15. The van der Waals surface area contributed by atoms with Crippen LogP contribution in [0.2, 0.25) is 0 Å². The van der Waals surface area contributed by atoms with Crippen molar-refractivity contribution in [1.82, 2.24) is 10.3 Å². The molecule has 1 saturated carbocycles. The highest BCUT2D eigenvalue weighted by Gasteiger charge is 2.28. The first-order chi connectivity index (χ1) is 13.4. The van der Waals surface area contributed by atoms with Crippen molar-refractivity contribution in [2.75, 3.05) is 6.61 Å². The van der Waals surface area contributed by atoms with E-state index in [2.05, 4.69) is 24.1 Å². The van der Waals surface area contributed by atoms with Gasteiger partial charge in [-0.2, -0.15) is 0 Å². The summed E-state index contributed by atoms with van der Waals surface area (Å²) in [7, 11) is 0. The molecule has 1 fully saturated rings. The van der Waals surface area contributed by atoms with Crippen molar-refractivity contribution in [2.45, 2.75) is 59.4 Å². The van der Waals surface area contributed by atoms with Crippen LogP contribution < -0.4 is 5.32 Å². The predicted molar refractivity (Wildman–Crippen MR) is 110 cm³/mol. The van der Waals surface area contributed by atoms with Gasteiger partial charge in [0.1, 0.15) is 0 Å². The van der Waals surface area contributed by atoms with Crippen LogP contribution in [0.15, 0.2) is 24.3 Å². The maximum atomic E-state index is 12.8. The summed E-state index contributed by atoms with van der Waals surface area (Å²) in [6.45, 7) is 8.02. The van der Waals surface area contributed by atoms with Crippen LogP contribution in [0.25, 0.3) is 10.9 Å². The van der Waals surface area contributed by atoms with E-state index in [1.54, 1.807) is 0 Å². The molecule has 0 spiro atoms. The summed E-state index contributed by atoms with van der Waals surface area (Å²) in [5.74, 6) is 0.323. The summed E-state index contributed by atoms with van der Waals surface area (Å²) in [5.41, 5.74) is 2.90. The number of carbonyl (C=O) groups excluding carboxylic acids is 2. The lowest BCUT2D eigenvalue weighted by Gasteiger charge is -2.34. The topological polar surface area (TPSA) is 68.3 Å².